The summed E-state index contributed by atoms with van der Waals surface area (Å²) in [5.41, 5.74) is 0. The van der Waals surface area contributed by atoms with Crippen LogP contribution in [0.2, 0.25) is 0 Å². The molecule has 24 heavy (non-hydrogen) atoms. The van der Waals surface area contributed by atoms with E-state index < -0.39 is 48.4 Å². The molecule has 1 saturated heterocycles. The minimum Gasteiger partial charge on any atom is -0.463 e. The fraction of sp³-hybridized carbons (Fsp3) is 0.688. The molecule has 1 rings (SSSR count). The van der Waals surface area contributed by atoms with Gasteiger partial charge in [-0.1, -0.05) is 6.08 Å². The highest BCUT2D eigenvalue weighted by molar-refractivity contribution is 5.67. The molecule has 0 aliphatic carbocycles. The van der Waals surface area contributed by atoms with Gasteiger partial charge in [0.1, 0.15) is 18.8 Å². The molecular weight excluding hydrogens is 320 g/mol. The Kier molecular flexibility index (Phi) is 7.87. The number of esters is 3. The monoisotopic (exact) mass is 344 g/mol. The van der Waals surface area contributed by atoms with Gasteiger partial charge >= 0.3 is 17.9 Å². The Hall–Kier alpha value is -1.93. The van der Waals surface area contributed by atoms with E-state index in [0.717, 1.165) is 0 Å². The zero-order chi connectivity index (χ0) is 18.3. The summed E-state index contributed by atoms with van der Waals surface area (Å²) in [6.07, 6.45) is -1.28. The van der Waals surface area contributed by atoms with Crippen molar-refractivity contribution < 1.29 is 38.1 Å². The van der Waals surface area contributed by atoms with E-state index in [-0.39, 0.29) is 6.61 Å². The molecule has 8 heteroatoms. The molecule has 136 valence electrons. The lowest BCUT2D eigenvalue weighted by molar-refractivity contribution is -0.289. The van der Waals surface area contributed by atoms with Crippen molar-refractivity contribution in [3.8, 4) is 0 Å². The van der Waals surface area contributed by atoms with Crippen LogP contribution < -0.4 is 0 Å². The molecule has 1 aliphatic heterocycles. The molecule has 5 atom stereocenters. The second-order valence-corrected chi connectivity index (χ2v) is 5.42. The molecule has 1 aliphatic rings. The van der Waals surface area contributed by atoms with Gasteiger partial charge in [-0.15, -0.1) is 6.58 Å². The highest BCUT2D eigenvalue weighted by Crippen LogP contribution is 2.33. The Balaban J connectivity index is 3.12. The molecule has 0 radical (unpaired) electrons. The predicted molar refractivity (Wildman–Crippen MR) is 81.7 cm³/mol. The van der Waals surface area contributed by atoms with Gasteiger partial charge in [0.05, 0.1) is 0 Å². The third-order valence-electron chi connectivity index (χ3n) is 3.53. The molecule has 0 bridgehead atoms. The van der Waals surface area contributed by atoms with Crippen LogP contribution in [0.4, 0.5) is 0 Å². The minimum atomic E-state index is -0.958. The third-order valence-corrected chi connectivity index (χ3v) is 3.53. The molecule has 0 aromatic carbocycles. The second kappa shape index (κ2) is 9.39. The SMILES string of the molecule is C=CC[C@H]1[C@H](OC(C)=O)[C@@H](OC(C)=O)[C@@H](OC)O[C@@H]1COC(C)=O. The summed E-state index contributed by atoms with van der Waals surface area (Å²) in [5, 5.41) is 0. The van der Waals surface area contributed by atoms with E-state index in [1.165, 1.54) is 27.9 Å². The number of hydrogen-bond acceptors (Lipinski definition) is 8. The number of ether oxygens (including phenoxy) is 5. The van der Waals surface area contributed by atoms with Crippen molar-refractivity contribution in [2.24, 2.45) is 5.92 Å². The zero-order valence-electron chi connectivity index (χ0n) is 14.4. The van der Waals surface area contributed by atoms with Crippen LogP contribution in [0.3, 0.4) is 0 Å². The lowest BCUT2D eigenvalue weighted by atomic mass is 9.86. The van der Waals surface area contributed by atoms with Crippen LogP contribution in [0.1, 0.15) is 27.2 Å². The molecule has 0 spiro atoms. The topological polar surface area (TPSA) is 97.4 Å². The van der Waals surface area contributed by atoms with Gasteiger partial charge in [0.25, 0.3) is 0 Å². The molecule has 0 aromatic rings. The number of hydrogen-bond donors (Lipinski definition) is 0. The molecule has 0 N–H and O–H groups in total. The Labute approximate surface area is 141 Å². The standard InChI is InChI=1S/C16H24O8/c1-6-7-12-13(8-21-9(2)17)24-16(20-5)15(23-11(4)19)14(12)22-10(3)18/h6,12-16H,1,7-8H2,2-5H3/t12-,13-,14+,15-,16+/m1/s1. The quantitative estimate of drug-likeness (QED) is 0.383. The van der Waals surface area contributed by atoms with Gasteiger partial charge in [0, 0.05) is 33.8 Å². The Morgan fingerprint density at radius 1 is 1.04 bits per heavy atom. The van der Waals surface area contributed by atoms with Crippen molar-refractivity contribution in [2.75, 3.05) is 13.7 Å². The first-order chi connectivity index (χ1) is 11.3. The van der Waals surface area contributed by atoms with E-state index in [4.69, 9.17) is 23.7 Å². The maximum Gasteiger partial charge on any atom is 0.303 e. The van der Waals surface area contributed by atoms with E-state index in [0.29, 0.717) is 6.42 Å². The smallest absolute Gasteiger partial charge is 0.303 e. The summed E-state index contributed by atoms with van der Waals surface area (Å²) < 4.78 is 26.6. The van der Waals surface area contributed by atoms with Crippen LogP contribution in [-0.2, 0) is 38.1 Å². The van der Waals surface area contributed by atoms with Crippen molar-refractivity contribution in [3.63, 3.8) is 0 Å². The summed E-state index contributed by atoms with van der Waals surface area (Å²) >= 11 is 0. The van der Waals surface area contributed by atoms with E-state index in [1.54, 1.807) is 6.08 Å². The first-order valence-electron chi connectivity index (χ1n) is 7.57. The molecule has 0 aromatic heterocycles. The Morgan fingerprint density at radius 3 is 2.08 bits per heavy atom. The molecule has 0 amide bonds. The average molecular weight is 344 g/mol. The molecule has 8 nitrogen and oxygen atoms in total. The predicted octanol–water partition coefficient (Wildman–Crippen LogP) is 0.976. The summed E-state index contributed by atoms with van der Waals surface area (Å²) in [4.78, 5) is 34.0. The maximum absolute atomic E-state index is 11.5. The van der Waals surface area contributed by atoms with Gasteiger partial charge < -0.3 is 23.7 Å². The fourth-order valence-electron chi connectivity index (χ4n) is 2.65. The van der Waals surface area contributed by atoms with Crippen molar-refractivity contribution >= 4 is 17.9 Å². The number of allylic oxidation sites excluding steroid dienone is 1. The summed E-state index contributed by atoms with van der Waals surface area (Å²) in [5.74, 6) is -1.97. The van der Waals surface area contributed by atoms with Crippen LogP contribution >= 0.6 is 0 Å². The largest absolute Gasteiger partial charge is 0.463 e. The second-order valence-electron chi connectivity index (χ2n) is 5.42. The first-order valence-corrected chi connectivity index (χ1v) is 7.57. The summed E-state index contributed by atoms with van der Waals surface area (Å²) in [6, 6.07) is 0. The van der Waals surface area contributed by atoms with Gasteiger partial charge in [0.15, 0.2) is 12.4 Å². The van der Waals surface area contributed by atoms with Crippen molar-refractivity contribution in [1.29, 1.82) is 0 Å². The van der Waals surface area contributed by atoms with Crippen molar-refractivity contribution in [3.05, 3.63) is 12.7 Å². The molecular formula is C16H24O8. The zero-order valence-corrected chi connectivity index (χ0v) is 14.4. The Morgan fingerprint density at radius 2 is 1.62 bits per heavy atom. The summed E-state index contributed by atoms with van der Waals surface area (Å²) in [7, 11) is 1.38. The van der Waals surface area contributed by atoms with Gasteiger partial charge in [-0.2, -0.15) is 0 Å². The molecule has 1 fully saturated rings. The number of carbonyl (C=O) groups excluding carboxylic acids is 3. The van der Waals surface area contributed by atoms with Crippen LogP contribution in [-0.4, -0.2) is 56.2 Å². The van der Waals surface area contributed by atoms with E-state index in [1.807, 2.05) is 0 Å². The van der Waals surface area contributed by atoms with E-state index in [2.05, 4.69) is 6.58 Å². The van der Waals surface area contributed by atoms with Gasteiger partial charge in [-0.3, -0.25) is 14.4 Å². The molecule has 0 unspecified atom stereocenters. The lowest BCUT2D eigenvalue weighted by Crippen LogP contribution is -2.58. The number of carbonyl (C=O) groups is 3. The van der Waals surface area contributed by atoms with E-state index >= 15 is 0 Å². The average Bonchev–Trinajstić information content (AvgIpc) is 2.48. The van der Waals surface area contributed by atoms with Crippen LogP contribution in [0, 0.1) is 5.92 Å². The minimum absolute atomic E-state index is 0.0434. The highest BCUT2D eigenvalue weighted by atomic mass is 16.7. The van der Waals surface area contributed by atoms with Crippen LogP contribution in [0.15, 0.2) is 12.7 Å². The summed E-state index contributed by atoms with van der Waals surface area (Å²) in [6.45, 7) is 7.42. The highest BCUT2D eigenvalue weighted by Gasteiger charge is 2.49. The third kappa shape index (κ3) is 5.61. The van der Waals surface area contributed by atoms with Gasteiger partial charge in [-0.05, 0) is 6.42 Å². The van der Waals surface area contributed by atoms with Crippen molar-refractivity contribution in [2.45, 2.75) is 51.8 Å². The maximum atomic E-state index is 11.5. The van der Waals surface area contributed by atoms with Gasteiger partial charge in [0.2, 0.25) is 0 Å². The fourth-order valence-corrected chi connectivity index (χ4v) is 2.65. The molecule has 0 saturated carbocycles. The first kappa shape index (κ1) is 20.1. The normalized spacial score (nSPS) is 29.4. The van der Waals surface area contributed by atoms with Crippen LogP contribution in [0.25, 0.3) is 0 Å². The van der Waals surface area contributed by atoms with Crippen molar-refractivity contribution in [1.82, 2.24) is 0 Å². The lowest BCUT2D eigenvalue weighted by Gasteiger charge is -2.44. The van der Waals surface area contributed by atoms with Crippen LogP contribution in [0.5, 0.6) is 0 Å². The number of methoxy groups -OCH3 is 1. The van der Waals surface area contributed by atoms with Gasteiger partial charge in [-0.25, -0.2) is 0 Å². The molecule has 1 heterocycles. The Bertz CT molecular complexity index is 475. The van der Waals surface area contributed by atoms with E-state index in [9.17, 15) is 14.4 Å². The number of rotatable bonds is 7.